The Morgan fingerprint density at radius 1 is 1.17 bits per heavy atom. The van der Waals surface area contributed by atoms with Gasteiger partial charge in [0.1, 0.15) is 0 Å². The van der Waals surface area contributed by atoms with Crippen molar-refractivity contribution in [1.29, 1.82) is 0 Å². The van der Waals surface area contributed by atoms with Crippen molar-refractivity contribution < 1.29 is 9.90 Å². The minimum Gasteiger partial charge on any atom is -0.393 e. The number of pyridine rings is 1. The van der Waals surface area contributed by atoms with Crippen LogP contribution < -0.4 is 10.6 Å². The van der Waals surface area contributed by atoms with Crippen molar-refractivity contribution in [2.24, 2.45) is 5.92 Å². The standard InChI is InChI=1S/C18H23N3O2/c1-13(2)17(22)10-9-14-6-3-4-8-16(14)21-18(23)20-15-7-5-11-19-12-15/h3-8,11-13,17,22H,9-10H2,1-2H3,(H2,20,21,23)/t17-/m1/s1. The number of carbonyl (C=O) groups excluding carboxylic acids is 1. The molecule has 0 bridgehead atoms. The smallest absolute Gasteiger partial charge is 0.323 e. The summed E-state index contributed by atoms with van der Waals surface area (Å²) in [6.07, 6.45) is 4.28. The monoisotopic (exact) mass is 313 g/mol. The van der Waals surface area contributed by atoms with E-state index in [1.807, 2.05) is 38.1 Å². The molecule has 0 aliphatic heterocycles. The number of carbonyl (C=O) groups is 1. The van der Waals surface area contributed by atoms with E-state index in [1.165, 1.54) is 0 Å². The van der Waals surface area contributed by atoms with Gasteiger partial charge in [-0.3, -0.25) is 4.98 Å². The number of hydrogen-bond donors (Lipinski definition) is 3. The SMILES string of the molecule is CC(C)[C@H](O)CCc1ccccc1NC(=O)Nc1cccnc1. The van der Waals surface area contributed by atoms with E-state index in [4.69, 9.17) is 0 Å². The maximum absolute atomic E-state index is 12.1. The zero-order chi connectivity index (χ0) is 16.7. The first-order chi connectivity index (χ1) is 11.1. The Labute approximate surface area is 136 Å². The second-order valence-electron chi connectivity index (χ2n) is 5.83. The molecule has 0 saturated heterocycles. The van der Waals surface area contributed by atoms with E-state index in [0.29, 0.717) is 18.5 Å². The van der Waals surface area contributed by atoms with Gasteiger partial charge in [-0.25, -0.2) is 4.79 Å². The number of para-hydroxylation sites is 1. The van der Waals surface area contributed by atoms with Crippen molar-refractivity contribution in [1.82, 2.24) is 4.98 Å². The largest absolute Gasteiger partial charge is 0.393 e. The number of rotatable bonds is 6. The van der Waals surface area contributed by atoms with Gasteiger partial charge in [0.05, 0.1) is 18.0 Å². The van der Waals surface area contributed by atoms with E-state index >= 15 is 0 Å². The lowest BCUT2D eigenvalue weighted by Crippen LogP contribution is -2.21. The fourth-order valence-electron chi connectivity index (χ4n) is 2.22. The number of nitrogens with one attached hydrogen (secondary N) is 2. The predicted octanol–water partition coefficient (Wildman–Crippen LogP) is 3.68. The summed E-state index contributed by atoms with van der Waals surface area (Å²) in [5.41, 5.74) is 2.40. The van der Waals surface area contributed by atoms with Crippen molar-refractivity contribution in [3.8, 4) is 0 Å². The number of aliphatic hydroxyl groups excluding tert-OH is 1. The fraction of sp³-hybridized carbons (Fsp3) is 0.333. The molecule has 1 atom stereocenters. The van der Waals surface area contributed by atoms with Crippen LogP contribution in [0.5, 0.6) is 0 Å². The quantitative estimate of drug-likeness (QED) is 0.761. The van der Waals surface area contributed by atoms with Gasteiger partial charge in [0.15, 0.2) is 0 Å². The first-order valence-electron chi connectivity index (χ1n) is 7.80. The molecule has 0 saturated carbocycles. The number of amides is 2. The molecule has 0 aliphatic carbocycles. The third-order valence-electron chi connectivity index (χ3n) is 3.66. The number of benzene rings is 1. The average molecular weight is 313 g/mol. The lowest BCUT2D eigenvalue weighted by atomic mass is 9.98. The fourth-order valence-corrected chi connectivity index (χ4v) is 2.22. The summed E-state index contributed by atoms with van der Waals surface area (Å²) in [6.45, 7) is 3.99. The third-order valence-corrected chi connectivity index (χ3v) is 3.66. The Balaban J connectivity index is 1.98. The van der Waals surface area contributed by atoms with E-state index in [0.717, 1.165) is 11.3 Å². The second-order valence-corrected chi connectivity index (χ2v) is 5.83. The Kier molecular flexibility index (Phi) is 6.11. The van der Waals surface area contributed by atoms with E-state index in [-0.39, 0.29) is 18.1 Å². The number of anilines is 2. The molecule has 0 spiro atoms. The first kappa shape index (κ1) is 17.0. The van der Waals surface area contributed by atoms with Crippen molar-refractivity contribution in [3.05, 3.63) is 54.4 Å². The highest BCUT2D eigenvalue weighted by atomic mass is 16.3. The number of aromatic nitrogens is 1. The van der Waals surface area contributed by atoms with Crippen molar-refractivity contribution in [2.75, 3.05) is 10.6 Å². The highest BCUT2D eigenvalue weighted by Gasteiger charge is 2.12. The van der Waals surface area contributed by atoms with Crippen LogP contribution >= 0.6 is 0 Å². The van der Waals surface area contributed by atoms with Gasteiger partial charge in [0.2, 0.25) is 0 Å². The summed E-state index contributed by atoms with van der Waals surface area (Å²) in [6, 6.07) is 10.9. The van der Waals surface area contributed by atoms with Crippen LogP contribution in [0.1, 0.15) is 25.8 Å². The molecule has 0 unspecified atom stereocenters. The van der Waals surface area contributed by atoms with E-state index in [1.54, 1.807) is 24.5 Å². The molecular weight excluding hydrogens is 290 g/mol. The van der Waals surface area contributed by atoms with Gasteiger partial charge in [-0.2, -0.15) is 0 Å². The molecule has 2 amide bonds. The van der Waals surface area contributed by atoms with Gasteiger partial charge in [0, 0.05) is 11.9 Å². The van der Waals surface area contributed by atoms with Crippen molar-refractivity contribution in [3.63, 3.8) is 0 Å². The lowest BCUT2D eigenvalue weighted by molar-refractivity contribution is 0.116. The lowest BCUT2D eigenvalue weighted by Gasteiger charge is -2.16. The molecule has 5 heteroatoms. The highest BCUT2D eigenvalue weighted by molar-refractivity contribution is 6.00. The zero-order valence-corrected chi connectivity index (χ0v) is 13.5. The Morgan fingerprint density at radius 2 is 1.96 bits per heavy atom. The van der Waals surface area contributed by atoms with Crippen LogP contribution in [0, 0.1) is 5.92 Å². The van der Waals surface area contributed by atoms with Crippen molar-refractivity contribution >= 4 is 17.4 Å². The van der Waals surface area contributed by atoms with Crippen LogP contribution in [-0.4, -0.2) is 22.2 Å². The van der Waals surface area contributed by atoms with Crippen LogP contribution in [-0.2, 0) is 6.42 Å². The van der Waals surface area contributed by atoms with E-state index in [9.17, 15) is 9.90 Å². The first-order valence-corrected chi connectivity index (χ1v) is 7.80. The maximum atomic E-state index is 12.1. The van der Waals surface area contributed by atoms with Gasteiger partial charge in [-0.05, 0) is 42.5 Å². The summed E-state index contributed by atoms with van der Waals surface area (Å²) in [7, 11) is 0. The van der Waals surface area contributed by atoms with Gasteiger partial charge >= 0.3 is 6.03 Å². The van der Waals surface area contributed by atoms with Gasteiger partial charge < -0.3 is 15.7 Å². The van der Waals surface area contributed by atoms with Crippen LogP contribution in [0.3, 0.4) is 0 Å². The molecule has 122 valence electrons. The van der Waals surface area contributed by atoms with E-state index in [2.05, 4.69) is 15.6 Å². The molecular formula is C18H23N3O2. The van der Waals surface area contributed by atoms with Crippen LogP contribution in [0.15, 0.2) is 48.8 Å². The van der Waals surface area contributed by atoms with Crippen LogP contribution in [0.4, 0.5) is 16.2 Å². The van der Waals surface area contributed by atoms with Gasteiger partial charge in [0.25, 0.3) is 0 Å². The van der Waals surface area contributed by atoms with Gasteiger partial charge in [-0.15, -0.1) is 0 Å². The second kappa shape index (κ2) is 8.29. The normalized spacial score (nSPS) is 12.0. The zero-order valence-electron chi connectivity index (χ0n) is 13.5. The summed E-state index contributed by atoms with van der Waals surface area (Å²) < 4.78 is 0. The number of urea groups is 1. The summed E-state index contributed by atoms with van der Waals surface area (Å²) in [5, 5.41) is 15.5. The third kappa shape index (κ3) is 5.38. The molecule has 2 rings (SSSR count). The maximum Gasteiger partial charge on any atom is 0.323 e. The molecule has 0 aliphatic rings. The topological polar surface area (TPSA) is 74.2 Å². The van der Waals surface area contributed by atoms with Crippen molar-refractivity contribution in [2.45, 2.75) is 32.8 Å². The minimum atomic E-state index is -0.340. The number of aryl methyl sites for hydroxylation is 1. The predicted molar refractivity (Wildman–Crippen MR) is 92.5 cm³/mol. The molecule has 23 heavy (non-hydrogen) atoms. The molecule has 0 fully saturated rings. The Hall–Kier alpha value is -2.40. The van der Waals surface area contributed by atoms with Crippen LogP contribution in [0.2, 0.25) is 0 Å². The van der Waals surface area contributed by atoms with Crippen LogP contribution in [0.25, 0.3) is 0 Å². The molecule has 0 radical (unpaired) electrons. The molecule has 3 N–H and O–H groups in total. The number of aliphatic hydroxyl groups is 1. The summed E-state index contributed by atoms with van der Waals surface area (Å²) in [5.74, 6) is 0.226. The summed E-state index contributed by atoms with van der Waals surface area (Å²) in [4.78, 5) is 16.0. The molecule has 2 aromatic rings. The number of nitrogens with zero attached hydrogens (tertiary/aromatic N) is 1. The Bertz CT molecular complexity index is 629. The molecule has 1 aromatic heterocycles. The Morgan fingerprint density at radius 3 is 2.65 bits per heavy atom. The average Bonchev–Trinajstić information content (AvgIpc) is 2.54. The minimum absolute atomic E-state index is 0.226. The number of hydrogen-bond acceptors (Lipinski definition) is 3. The summed E-state index contributed by atoms with van der Waals surface area (Å²) >= 11 is 0. The molecule has 1 heterocycles. The van der Waals surface area contributed by atoms with E-state index < -0.39 is 0 Å². The van der Waals surface area contributed by atoms with Gasteiger partial charge in [-0.1, -0.05) is 32.0 Å². The molecule has 5 nitrogen and oxygen atoms in total. The molecule has 1 aromatic carbocycles. The highest BCUT2D eigenvalue weighted by Crippen LogP contribution is 2.19.